The van der Waals surface area contributed by atoms with Gasteiger partial charge < -0.3 is 5.11 Å². The van der Waals surface area contributed by atoms with Crippen LogP contribution in [0.25, 0.3) is 0 Å². The monoisotopic (exact) mass is 167 g/mol. The third-order valence-electron chi connectivity index (χ3n) is 0.622. The molecule has 0 aromatic heterocycles. The average Bonchev–Trinajstić information content (AvgIpc) is 1.65. The number of carbonyl (C=O) groups excluding carboxylic acids is 2. The first-order valence-electron chi connectivity index (χ1n) is 2.29. The van der Waals surface area contributed by atoms with E-state index in [1.165, 1.54) is 6.92 Å². The van der Waals surface area contributed by atoms with E-state index in [1.807, 2.05) is 0 Å². The van der Waals surface area contributed by atoms with Crippen LogP contribution in [0.5, 0.6) is 0 Å². The Hall–Kier alpha value is -0.116. The van der Waals surface area contributed by atoms with Crippen molar-refractivity contribution in [2.24, 2.45) is 0 Å². The fraction of sp³-hybridized carbons (Fsp3) is 0.600. The van der Waals surface area contributed by atoms with Crippen LogP contribution in [0.4, 0.5) is 0 Å². The Balaban J connectivity index is 0. The largest absolute Gasteiger partial charge is 0.389 e. The maximum atomic E-state index is 10.2. The predicted molar refractivity (Wildman–Crippen MR) is 27.4 cm³/mol. The van der Waals surface area contributed by atoms with Gasteiger partial charge in [0.2, 0.25) is 0 Å². The van der Waals surface area contributed by atoms with Crippen LogP contribution < -0.4 is 0 Å². The van der Waals surface area contributed by atoms with Gasteiger partial charge in [-0.2, -0.15) is 0 Å². The Kier molecular flexibility index (Phi) is 7.78. The molecule has 0 saturated carbocycles. The summed E-state index contributed by atoms with van der Waals surface area (Å²) >= 11 is 0. The molecule has 3 nitrogen and oxygen atoms in total. The zero-order chi connectivity index (χ0) is 6.57. The normalized spacial score (nSPS) is 7.78. The summed E-state index contributed by atoms with van der Waals surface area (Å²) in [6.07, 6.45) is -0.142. The quantitative estimate of drug-likeness (QED) is 0.578. The molecule has 0 spiro atoms. The number of ketones is 2. The number of aliphatic hydroxyl groups is 1. The Morgan fingerprint density at radius 1 is 1.44 bits per heavy atom. The minimum absolute atomic E-state index is 0. The van der Waals surface area contributed by atoms with Crippen molar-refractivity contribution < 1.29 is 33.3 Å². The molecule has 0 aliphatic heterocycles. The van der Waals surface area contributed by atoms with E-state index in [0.29, 0.717) is 0 Å². The number of Topliss-reactive ketones (excluding diaryl/α,β-unsaturated/α-hetero) is 2. The number of hydrogen-bond donors (Lipinski definition) is 1. The predicted octanol–water partition coefficient (Wildman–Crippen LogP) is -0.476. The molecular weight excluding hydrogens is 159 g/mol. The first kappa shape index (κ1) is 11.7. The average molecular weight is 167 g/mol. The summed E-state index contributed by atoms with van der Waals surface area (Å²) in [4.78, 5) is 20.2. The Morgan fingerprint density at radius 3 is 2.00 bits per heavy atom. The van der Waals surface area contributed by atoms with Crippen molar-refractivity contribution in [2.75, 3.05) is 6.61 Å². The second-order valence-corrected chi connectivity index (χ2v) is 1.58. The van der Waals surface area contributed by atoms with Crippen LogP contribution in [0.15, 0.2) is 0 Å². The van der Waals surface area contributed by atoms with Crippen LogP contribution in [0.2, 0.25) is 0 Å². The number of aliphatic hydroxyl groups excluding tert-OH is 1. The van der Waals surface area contributed by atoms with Gasteiger partial charge in [0.1, 0.15) is 12.4 Å². The minimum Gasteiger partial charge on any atom is -0.389 e. The first-order valence-corrected chi connectivity index (χ1v) is 2.29. The van der Waals surface area contributed by atoms with Gasteiger partial charge in [-0.3, -0.25) is 9.59 Å². The van der Waals surface area contributed by atoms with Crippen LogP contribution in [-0.2, 0) is 28.1 Å². The van der Waals surface area contributed by atoms with Gasteiger partial charge in [0.25, 0.3) is 0 Å². The fourth-order valence-corrected chi connectivity index (χ4v) is 0.334. The van der Waals surface area contributed by atoms with Gasteiger partial charge in [-0.25, -0.2) is 0 Å². The minimum atomic E-state index is -0.528. The van der Waals surface area contributed by atoms with E-state index in [2.05, 4.69) is 0 Å². The summed E-state index contributed by atoms with van der Waals surface area (Å²) in [7, 11) is 0. The van der Waals surface area contributed by atoms with E-state index >= 15 is 0 Å². The molecular formula is C5H8O3V. The summed E-state index contributed by atoms with van der Waals surface area (Å²) in [5, 5.41) is 8.08. The van der Waals surface area contributed by atoms with Crippen molar-refractivity contribution in [3.63, 3.8) is 0 Å². The van der Waals surface area contributed by atoms with E-state index in [-0.39, 0.29) is 30.8 Å². The summed E-state index contributed by atoms with van der Waals surface area (Å²) in [6.45, 7) is 0.785. The molecule has 0 saturated heterocycles. The van der Waals surface area contributed by atoms with Crippen molar-refractivity contribution in [2.45, 2.75) is 13.3 Å². The molecule has 0 aliphatic rings. The second-order valence-electron chi connectivity index (χ2n) is 1.58. The van der Waals surface area contributed by atoms with Crippen LogP contribution in [0.3, 0.4) is 0 Å². The van der Waals surface area contributed by atoms with E-state index in [0.717, 1.165) is 0 Å². The molecule has 0 atom stereocenters. The molecule has 51 valence electrons. The second kappa shape index (κ2) is 6.01. The Morgan fingerprint density at radius 2 is 1.89 bits per heavy atom. The molecule has 0 rings (SSSR count). The summed E-state index contributed by atoms with van der Waals surface area (Å²) in [6, 6.07) is 0. The maximum Gasteiger partial charge on any atom is 0.165 e. The zero-order valence-electron chi connectivity index (χ0n) is 5.13. The van der Waals surface area contributed by atoms with Gasteiger partial charge in [0, 0.05) is 18.6 Å². The van der Waals surface area contributed by atoms with E-state index in [9.17, 15) is 9.59 Å². The molecule has 0 unspecified atom stereocenters. The molecule has 0 fully saturated rings. The molecule has 0 bridgehead atoms. The van der Waals surface area contributed by atoms with Gasteiger partial charge in [0.05, 0.1) is 6.42 Å². The van der Waals surface area contributed by atoms with Crippen molar-refractivity contribution >= 4 is 11.6 Å². The van der Waals surface area contributed by atoms with E-state index in [1.54, 1.807) is 0 Å². The van der Waals surface area contributed by atoms with Crippen molar-refractivity contribution in [3.05, 3.63) is 0 Å². The number of rotatable bonds is 3. The molecule has 1 N–H and O–H groups in total. The van der Waals surface area contributed by atoms with Crippen molar-refractivity contribution in [1.82, 2.24) is 0 Å². The third-order valence-corrected chi connectivity index (χ3v) is 0.622. The number of hydrogen-bond acceptors (Lipinski definition) is 3. The summed E-state index contributed by atoms with van der Waals surface area (Å²) < 4.78 is 0. The molecule has 0 heterocycles. The van der Waals surface area contributed by atoms with Gasteiger partial charge in [0.15, 0.2) is 5.78 Å². The fourth-order valence-electron chi connectivity index (χ4n) is 0.334. The number of carbonyl (C=O) groups is 2. The third kappa shape index (κ3) is 7.88. The zero-order valence-corrected chi connectivity index (χ0v) is 6.52. The van der Waals surface area contributed by atoms with Crippen LogP contribution >= 0.6 is 0 Å². The van der Waals surface area contributed by atoms with E-state index in [4.69, 9.17) is 5.11 Å². The van der Waals surface area contributed by atoms with Crippen LogP contribution in [0.1, 0.15) is 13.3 Å². The van der Waals surface area contributed by atoms with Crippen LogP contribution in [0, 0.1) is 0 Å². The molecule has 0 aliphatic carbocycles. The Labute approximate surface area is 65.3 Å². The molecule has 1 radical (unpaired) electrons. The van der Waals surface area contributed by atoms with E-state index < -0.39 is 12.4 Å². The molecule has 4 heteroatoms. The smallest absolute Gasteiger partial charge is 0.165 e. The molecule has 9 heavy (non-hydrogen) atoms. The Bertz CT molecular complexity index is 111. The first-order chi connectivity index (χ1) is 3.66. The van der Waals surface area contributed by atoms with Crippen molar-refractivity contribution in [1.29, 1.82) is 0 Å². The van der Waals surface area contributed by atoms with Gasteiger partial charge in [-0.15, -0.1) is 0 Å². The summed E-state index contributed by atoms with van der Waals surface area (Å²) in [5.41, 5.74) is 0. The topological polar surface area (TPSA) is 54.4 Å². The van der Waals surface area contributed by atoms with Crippen molar-refractivity contribution in [3.8, 4) is 0 Å². The molecule has 0 aromatic carbocycles. The summed E-state index contributed by atoms with van der Waals surface area (Å²) in [5.74, 6) is -0.624. The maximum absolute atomic E-state index is 10.2. The van der Waals surface area contributed by atoms with Gasteiger partial charge in [-0.05, 0) is 6.92 Å². The van der Waals surface area contributed by atoms with Gasteiger partial charge in [-0.1, -0.05) is 0 Å². The SMILES string of the molecule is CC(=O)CC(=O)CO.[V]. The molecule has 0 aromatic rings. The standard InChI is InChI=1S/C5H8O3.V/c1-4(7)2-5(8)3-6;/h6H,2-3H2,1H3;. The molecule has 0 amide bonds. The van der Waals surface area contributed by atoms with Gasteiger partial charge >= 0.3 is 0 Å². The van der Waals surface area contributed by atoms with Crippen LogP contribution in [-0.4, -0.2) is 23.3 Å².